The molecule has 0 amide bonds. The first kappa shape index (κ1) is 14.2. The Bertz CT molecular complexity index is 501. The molecule has 0 saturated heterocycles. The minimum absolute atomic E-state index is 0.106. The number of nitrogens with zero attached hydrogens (tertiary/aromatic N) is 2. The van der Waals surface area contributed by atoms with E-state index >= 15 is 0 Å². The SMILES string of the molecule is Clc1cc2c(c3c1C=CC[N-]3)[N-]CC=C2.[Cl][Pd][Cl]. The molecular formula is C12H9Cl3N2Pd-2. The van der Waals surface area contributed by atoms with Gasteiger partial charge in [0.2, 0.25) is 0 Å². The van der Waals surface area contributed by atoms with Gasteiger partial charge in [-0.3, -0.25) is 0 Å². The molecule has 2 aliphatic heterocycles. The molecule has 2 aliphatic rings. The van der Waals surface area contributed by atoms with Crippen LogP contribution < -0.4 is 0 Å². The average Bonchev–Trinajstić information content (AvgIpc) is 2.40. The number of hydrogen-bond donors (Lipinski definition) is 0. The Morgan fingerprint density at radius 3 is 2.33 bits per heavy atom. The second kappa shape index (κ2) is 6.84. The molecule has 18 heavy (non-hydrogen) atoms. The van der Waals surface area contributed by atoms with Crippen LogP contribution in [-0.2, 0) is 15.9 Å². The predicted molar refractivity (Wildman–Crippen MR) is 77.0 cm³/mol. The fourth-order valence-corrected chi connectivity index (χ4v) is 2.18. The maximum atomic E-state index is 6.19. The third-order valence-corrected chi connectivity index (χ3v) is 2.90. The van der Waals surface area contributed by atoms with Gasteiger partial charge in [0, 0.05) is 5.02 Å². The van der Waals surface area contributed by atoms with Gasteiger partial charge in [0.05, 0.1) is 0 Å². The van der Waals surface area contributed by atoms with Gasteiger partial charge in [-0.05, 0) is 17.2 Å². The van der Waals surface area contributed by atoms with Crippen LogP contribution in [0.5, 0.6) is 0 Å². The van der Waals surface area contributed by atoms with E-state index in [-0.39, 0.29) is 15.9 Å². The van der Waals surface area contributed by atoms with E-state index in [1.54, 1.807) is 0 Å². The Hall–Kier alpha value is -0.168. The minimum atomic E-state index is -0.106. The molecule has 0 saturated carbocycles. The molecule has 6 heteroatoms. The van der Waals surface area contributed by atoms with Gasteiger partial charge in [-0.2, -0.15) is 0 Å². The van der Waals surface area contributed by atoms with E-state index in [0.717, 1.165) is 40.6 Å². The van der Waals surface area contributed by atoms with Gasteiger partial charge >= 0.3 is 35.0 Å². The Labute approximate surface area is 127 Å². The Kier molecular flexibility index (Phi) is 5.42. The summed E-state index contributed by atoms with van der Waals surface area (Å²) >= 11 is 6.09. The first-order chi connectivity index (χ1) is 8.77. The summed E-state index contributed by atoms with van der Waals surface area (Å²) in [6, 6.07) is 1.96. The summed E-state index contributed by atoms with van der Waals surface area (Å²) in [6.45, 7) is 1.46. The summed E-state index contributed by atoms with van der Waals surface area (Å²) in [7, 11) is 9.63. The van der Waals surface area contributed by atoms with Crippen molar-refractivity contribution >= 4 is 54.2 Å². The number of benzene rings is 1. The molecule has 2 nitrogen and oxygen atoms in total. The van der Waals surface area contributed by atoms with Crippen LogP contribution in [0.25, 0.3) is 22.8 Å². The summed E-state index contributed by atoms with van der Waals surface area (Å²) in [5, 5.41) is 9.70. The van der Waals surface area contributed by atoms with E-state index in [9.17, 15) is 0 Å². The fraction of sp³-hybridized carbons (Fsp3) is 0.167. The van der Waals surface area contributed by atoms with Crippen molar-refractivity contribution in [1.29, 1.82) is 0 Å². The number of rotatable bonds is 0. The van der Waals surface area contributed by atoms with E-state index < -0.39 is 0 Å². The summed E-state index contributed by atoms with van der Waals surface area (Å²) in [4.78, 5) is 0. The molecule has 0 spiro atoms. The summed E-state index contributed by atoms with van der Waals surface area (Å²) < 4.78 is 0. The van der Waals surface area contributed by atoms with Crippen molar-refractivity contribution in [2.24, 2.45) is 0 Å². The zero-order chi connectivity index (χ0) is 13.0. The van der Waals surface area contributed by atoms with Crippen molar-refractivity contribution in [2.75, 3.05) is 13.1 Å². The second-order valence-corrected chi connectivity index (χ2v) is 6.36. The van der Waals surface area contributed by atoms with Gasteiger partial charge in [-0.15, -0.1) is 36.6 Å². The normalized spacial score (nSPS) is 14.8. The molecule has 0 radical (unpaired) electrons. The van der Waals surface area contributed by atoms with Gasteiger partial charge in [0.1, 0.15) is 0 Å². The number of fused-ring (bicyclic) bond motifs is 3. The van der Waals surface area contributed by atoms with Gasteiger partial charge in [0.15, 0.2) is 0 Å². The molecule has 0 unspecified atom stereocenters. The Morgan fingerprint density at radius 1 is 1.00 bits per heavy atom. The fourth-order valence-electron chi connectivity index (χ4n) is 1.91. The molecule has 0 aromatic heterocycles. The van der Waals surface area contributed by atoms with Crippen molar-refractivity contribution < 1.29 is 15.9 Å². The summed E-state index contributed by atoms with van der Waals surface area (Å²) in [5.41, 5.74) is 4.01. The predicted octanol–water partition coefficient (Wildman–Crippen LogP) is 5.78. The summed E-state index contributed by atoms with van der Waals surface area (Å²) in [6.07, 6.45) is 8.13. The van der Waals surface area contributed by atoms with Crippen LogP contribution in [0.3, 0.4) is 0 Å². The maximum absolute atomic E-state index is 6.19. The van der Waals surface area contributed by atoms with Gasteiger partial charge in [0.25, 0.3) is 0 Å². The van der Waals surface area contributed by atoms with Crippen LogP contribution >= 0.6 is 30.7 Å². The zero-order valence-electron chi connectivity index (χ0n) is 9.15. The zero-order valence-corrected chi connectivity index (χ0v) is 13.0. The number of halogens is 3. The third kappa shape index (κ3) is 3.04. The van der Waals surface area contributed by atoms with E-state index in [2.05, 4.69) is 16.7 Å². The van der Waals surface area contributed by atoms with E-state index in [1.807, 2.05) is 24.3 Å². The molecule has 3 rings (SSSR count). The van der Waals surface area contributed by atoms with E-state index in [1.165, 1.54) is 0 Å². The third-order valence-electron chi connectivity index (χ3n) is 2.58. The molecular weight excluding hydrogens is 385 g/mol. The quantitative estimate of drug-likeness (QED) is 0.500. The van der Waals surface area contributed by atoms with Crippen LogP contribution in [0.2, 0.25) is 5.02 Å². The number of hydrogen-bond acceptors (Lipinski definition) is 0. The van der Waals surface area contributed by atoms with E-state index in [4.69, 9.17) is 30.7 Å². The molecule has 2 heterocycles. The standard InChI is InChI=1S/C12H9ClN2.2ClH.Pd/c13-10-7-8-3-1-5-14-11(8)12-9(10)4-2-6-15-12;;;/h1-4,7H,5-6H2;2*1H;/q-2;;;+2/p-2. The Morgan fingerprint density at radius 2 is 1.61 bits per heavy atom. The van der Waals surface area contributed by atoms with E-state index in [0.29, 0.717) is 0 Å². The molecule has 100 valence electrons. The topological polar surface area (TPSA) is 28.2 Å². The van der Waals surface area contributed by atoms with Crippen molar-refractivity contribution in [3.63, 3.8) is 0 Å². The molecule has 1 aromatic carbocycles. The van der Waals surface area contributed by atoms with Gasteiger partial charge in [-0.25, -0.2) is 0 Å². The molecule has 0 aliphatic carbocycles. The summed E-state index contributed by atoms with van der Waals surface area (Å²) in [5.74, 6) is 0. The molecule has 0 atom stereocenters. The monoisotopic (exact) mass is 392 g/mol. The van der Waals surface area contributed by atoms with Crippen molar-refractivity contribution in [1.82, 2.24) is 0 Å². The van der Waals surface area contributed by atoms with Gasteiger partial charge < -0.3 is 10.6 Å². The van der Waals surface area contributed by atoms with Crippen LogP contribution in [0.4, 0.5) is 11.4 Å². The molecule has 1 aromatic rings. The second-order valence-electron chi connectivity index (χ2n) is 3.59. The van der Waals surface area contributed by atoms with Crippen LogP contribution in [0.1, 0.15) is 11.1 Å². The van der Waals surface area contributed by atoms with Gasteiger partial charge in [-0.1, -0.05) is 23.8 Å². The molecule has 0 bridgehead atoms. The van der Waals surface area contributed by atoms with Crippen LogP contribution in [-0.4, -0.2) is 13.1 Å². The van der Waals surface area contributed by atoms with Crippen molar-refractivity contribution in [3.8, 4) is 0 Å². The first-order valence-corrected chi connectivity index (χ1v) is 9.53. The van der Waals surface area contributed by atoms with Crippen LogP contribution in [0, 0.1) is 0 Å². The van der Waals surface area contributed by atoms with Crippen molar-refractivity contribution in [3.05, 3.63) is 45.0 Å². The van der Waals surface area contributed by atoms with Crippen LogP contribution in [0.15, 0.2) is 18.2 Å². The van der Waals surface area contributed by atoms with Crippen molar-refractivity contribution in [2.45, 2.75) is 0 Å². The first-order valence-electron chi connectivity index (χ1n) is 5.15. The molecule has 0 N–H and O–H groups in total. The average molecular weight is 394 g/mol. The molecule has 0 fully saturated rings. The Balaban J connectivity index is 0.000000367.